The first-order valence-corrected chi connectivity index (χ1v) is 11.0. The second-order valence-corrected chi connectivity index (χ2v) is 7.95. The standard InChI is InChI=1S/C25H29N5O3/c1-32-21-7-3-18(4-8-21)17-24(31)28-20-12-15-30(16-13-20)25-26-14-11-23(29-25)27-19-5-9-22(33-2)10-6-19/h3-11,14,20H,12-13,15-17H2,1-2H3,(H,28,31)(H,26,27,29). The van der Waals surface area contributed by atoms with Gasteiger partial charge in [-0.25, -0.2) is 4.98 Å². The second-order valence-electron chi connectivity index (χ2n) is 7.95. The maximum atomic E-state index is 12.4. The molecule has 8 heteroatoms. The maximum absolute atomic E-state index is 12.4. The topological polar surface area (TPSA) is 88.6 Å². The van der Waals surface area contributed by atoms with Crippen LogP contribution in [-0.2, 0) is 11.2 Å². The number of nitrogens with one attached hydrogen (secondary N) is 2. The van der Waals surface area contributed by atoms with E-state index in [2.05, 4.69) is 25.5 Å². The zero-order valence-electron chi connectivity index (χ0n) is 19.0. The average Bonchev–Trinajstić information content (AvgIpc) is 2.85. The summed E-state index contributed by atoms with van der Waals surface area (Å²) in [7, 11) is 3.28. The van der Waals surface area contributed by atoms with Gasteiger partial charge in [-0.15, -0.1) is 0 Å². The van der Waals surface area contributed by atoms with Crippen LogP contribution in [0, 0.1) is 0 Å². The minimum atomic E-state index is 0.0422. The van der Waals surface area contributed by atoms with Crippen LogP contribution in [0.5, 0.6) is 11.5 Å². The molecule has 0 unspecified atom stereocenters. The molecule has 33 heavy (non-hydrogen) atoms. The van der Waals surface area contributed by atoms with Gasteiger partial charge in [-0.3, -0.25) is 4.79 Å². The lowest BCUT2D eigenvalue weighted by Crippen LogP contribution is -2.45. The summed E-state index contributed by atoms with van der Waals surface area (Å²) in [5.74, 6) is 3.07. The van der Waals surface area contributed by atoms with Crippen LogP contribution in [-0.4, -0.2) is 49.2 Å². The van der Waals surface area contributed by atoms with Crippen molar-refractivity contribution in [2.24, 2.45) is 0 Å². The molecule has 1 amide bonds. The molecule has 1 saturated heterocycles. The predicted molar refractivity (Wildman–Crippen MR) is 128 cm³/mol. The molecule has 172 valence electrons. The summed E-state index contributed by atoms with van der Waals surface area (Å²) < 4.78 is 10.4. The van der Waals surface area contributed by atoms with Crippen molar-refractivity contribution >= 4 is 23.4 Å². The van der Waals surface area contributed by atoms with Crippen LogP contribution in [0.1, 0.15) is 18.4 Å². The molecule has 2 aromatic carbocycles. The van der Waals surface area contributed by atoms with Crippen LogP contribution >= 0.6 is 0 Å². The third kappa shape index (κ3) is 6.12. The quantitative estimate of drug-likeness (QED) is 0.546. The largest absolute Gasteiger partial charge is 0.497 e. The number of hydrogen-bond acceptors (Lipinski definition) is 7. The molecule has 1 aromatic heterocycles. The van der Waals surface area contributed by atoms with Gasteiger partial charge in [-0.1, -0.05) is 12.1 Å². The van der Waals surface area contributed by atoms with E-state index in [0.29, 0.717) is 12.4 Å². The summed E-state index contributed by atoms with van der Waals surface area (Å²) >= 11 is 0. The highest BCUT2D eigenvalue weighted by atomic mass is 16.5. The van der Waals surface area contributed by atoms with Crippen molar-refractivity contribution in [1.82, 2.24) is 15.3 Å². The van der Waals surface area contributed by atoms with Gasteiger partial charge in [0.05, 0.1) is 20.6 Å². The average molecular weight is 448 g/mol. The van der Waals surface area contributed by atoms with Crippen molar-refractivity contribution in [1.29, 1.82) is 0 Å². The van der Waals surface area contributed by atoms with Gasteiger partial charge in [0.2, 0.25) is 11.9 Å². The van der Waals surface area contributed by atoms with Crippen LogP contribution in [0.2, 0.25) is 0 Å². The van der Waals surface area contributed by atoms with Crippen molar-refractivity contribution < 1.29 is 14.3 Å². The van der Waals surface area contributed by atoms with Crippen molar-refractivity contribution in [3.05, 3.63) is 66.4 Å². The van der Waals surface area contributed by atoms with Crippen molar-refractivity contribution in [3.8, 4) is 11.5 Å². The minimum absolute atomic E-state index is 0.0422. The Kier molecular flexibility index (Phi) is 7.24. The van der Waals surface area contributed by atoms with E-state index in [1.54, 1.807) is 20.4 Å². The molecule has 4 rings (SSSR count). The molecule has 0 spiro atoms. The number of aromatic nitrogens is 2. The first-order valence-electron chi connectivity index (χ1n) is 11.0. The Morgan fingerprint density at radius 1 is 0.970 bits per heavy atom. The third-order valence-electron chi connectivity index (χ3n) is 5.67. The number of carbonyl (C=O) groups is 1. The number of rotatable bonds is 8. The first-order chi connectivity index (χ1) is 16.1. The summed E-state index contributed by atoms with van der Waals surface area (Å²) in [5, 5.41) is 6.46. The number of benzene rings is 2. The Hall–Kier alpha value is -3.81. The number of amides is 1. The summed E-state index contributed by atoms with van der Waals surface area (Å²) in [5.41, 5.74) is 1.90. The summed E-state index contributed by atoms with van der Waals surface area (Å²) in [6.45, 7) is 1.58. The normalized spacial score (nSPS) is 13.9. The molecule has 3 aromatic rings. The summed E-state index contributed by atoms with van der Waals surface area (Å²) in [6.07, 6.45) is 3.84. The van der Waals surface area contributed by atoms with Crippen LogP contribution in [0.25, 0.3) is 0 Å². The fraction of sp³-hybridized carbons (Fsp3) is 0.320. The Morgan fingerprint density at radius 2 is 1.61 bits per heavy atom. The number of piperidine rings is 1. The molecule has 1 aliphatic heterocycles. The monoisotopic (exact) mass is 447 g/mol. The SMILES string of the molecule is COc1ccc(CC(=O)NC2CCN(c3nccc(Nc4ccc(OC)cc4)n3)CC2)cc1. The Labute approximate surface area is 194 Å². The van der Waals surface area contributed by atoms with E-state index in [0.717, 1.165) is 54.5 Å². The number of anilines is 3. The van der Waals surface area contributed by atoms with Crippen molar-refractivity contribution in [2.45, 2.75) is 25.3 Å². The smallest absolute Gasteiger partial charge is 0.227 e. The van der Waals surface area contributed by atoms with E-state index < -0.39 is 0 Å². The summed E-state index contributed by atoms with van der Waals surface area (Å²) in [6, 6.07) is 17.3. The number of nitrogens with zero attached hydrogens (tertiary/aromatic N) is 3. The van der Waals surface area contributed by atoms with E-state index in [-0.39, 0.29) is 11.9 Å². The first kappa shape index (κ1) is 22.4. The highest BCUT2D eigenvalue weighted by Gasteiger charge is 2.22. The molecular weight excluding hydrogens is 418 g/mol. The number of methoxy groups -OCH3 is 2. The van der Waals surface area contributed by atoms with Gasteiger partial charge in [-0.05, 0) is 60.9 Å². The van der Waals surface area contributed by atoms with Gasteiger partial charge in [0.15, 0.2) is 0 Å². The molecule has 0 atom stereocenters. The predicted octanol–water partition coefficient (Wildman–Crippen LogP) is 3.57. The maximum Gasteiger partial charge on any atom is 0.227 e. The molecule has 1 aliphatic rings. The fourth-order valence-corrected chi connectivity index (χ4v) is 3.82. The van der Waals surface area contributed by atoms with Crippen LogP contribution in [0.3, 0.4) is 0 Å². The molecule has 0 bridgehead atoms. The zero-order chi connectivity index (χ0) is 23.0. The van der Waals surface area contributed by atoms with E-state index >= 15 is 0 Å². The molecule has 0 radical (unpaired) electrons. The van der Waals surface area contributed by atoms with E-state index in [4.69, 9.17) is 9.47 Å². The Morgan fingerprint density at radius 3 is 2.24 bits per heavy atom. The van der Waals surface area contributed by atoms with Crippen LogP contribution < -0.4 is 25.0 Å². The lowest BCUT2D eigenvalue weighted by Gasteiger charge is -2.32. The van der Waals surface area contributed by atoms with Gasteiger partial charge < -0.3 is 25.0 Å². The number of hydrogen-bond donors (Lipinski definition) is 2. The zero-order valence-corrected chi connectivity index (χ0v) is 19.0. The highest BCUT2D eigenvalue weighted by Crippen LogP contribution is 2.21. The van der Waals surface area contributed by atoms with E-state index in [9.17, 15) is 4.79 Å². The van der Waals surface area contributed by atoms with Crippen molar-refractivity contribution in [2.75, 3.05) is 37.5 Å². The van der Waals surface area contributed by atoms with Gasteiger partial charge in [0.1, 0.15) is 17.3 Å². The van der Waals surface area contributed by atoms with Crippen LogP contribution in [0.4, 0.5) is 17.5 Å². The molecule has 1 fully saturated rings. The van der Waals surface area contributed by atoms with Gasteiger partial charge in [-0.2, -0.15) is 4.98 Å². The van der Waals surface area contributed by atoms with Crippen LogP contribution in [0.15, 0.2) is 60.8 Å². The lowest BCUT2D eigenvalue weighted by atomic mass is 10.0. The molecule has 2 N–H and O–H groups in total. The Balaban J connectivity index is 1.27. The van der Waals surface area contributed by atoms with Gasteiger partial charge in [0, 0.05) is 31.0 Å². The van der Waals surface area contributed by atoms with Gasteiger partial charge >= 0.3 is 0 Å². The lowest BCUT2D eigenvalue weighted by molar-refractivity contribution is -0.121. The molecule has 8 nitrogen and oxygen atoms in total. The van der Waals surface area contributed by atoms with E-state index in [1.165, 1.54) is 0 Å². The highest BCUT2D eigenvalue weighted by molar-refractivity contribution is 5.79. The molecule has 2 heterocycles. The molecular formula is C25H29N5O3. The number of carbonyl (C=O) groups excluding carboxylic acids is 1. The van der Waals surface area contributed by atoms with Gasteiger partial charge in [0.25, 0.3) is 0 Å². The number of ether oxygens (including phenoxy) is 2. The fourth-order valence-electron chi connectivity index (χ4n) is 3.82. The summed E-state index contributed by atoms with van der Waals surface area (Å²) in [4.78, 5) is 23.7. The van der Waals surface area contributed by atoms with Crippen molar-refractivity contribution in [3.63, 3.8) is 0 Å². The van der Waals surface area contributed by atoms with E-state index in [1.807, 2.05) is 54.6 Å². The molecule has 0 saturated carbocycles. The third-order valence-corrected chi connectivity index (χ3v) is 5.67. The molecule has 0 aliphatic carbocycles. The second kappa shape index (κ2) is 10.7. The minimum Gasteiger partial charge on any atom is -0.497 e. The Bertz CT molecular complexity index is 1050.